The third-order valence-electron chi connectivity index (χ3n) is 2.61. The van der Waals surface area contributed by atoms with Gasteiger partial charge in [0, 0.05) is 11.8 Å². The fourth-order valence-electron chi connectivity index (χ4n) is 1.77. The van der Waals surface area contributed by atoms with Crippen molar-refractivity contribution >= 4 is 0 Å². The number of benzene rings is 1. The first kappa shape index (κ1) is 9.97. The van der Waals surface area contributed by atoms with Crippen LogP contribution in [0.1, 0.15) is 25.3 Å². The zero-order chi connectivity index (χ0) is 10.5. The minimum atomic E-state index is 1.11. The summed E-state index contributed by atoms with van der Waals surface area (Å²) in [4.78, 5) is 0. The molecule has 0 aliphatic heterocycles. The summed E-state index contributed by atoms with van der Waals surface area (Å²) >= 11 is 0. The molecule has 0 aliphatic carbocycles. The molecular formula is C13H16N2. The van der Waals surface area contributed by atoms with Crippen LogP contribution in [0.4, 0.5) is 0 Å². The average molecular weight is 200 g/mol. The van der Waals surface area contributed by atoms with Gasteiger partial charge in [0.05, 0.1) is 5.69 Å². The van der Waals surface area contributed by atoms with Crippen LogP contribution in [0.5, 0.6) is 0 Å². The highest BCUT2D eigenvalue weighted by Gasteiger charge is 2.04. The maximum Gasteiger partial charge on any atom is 0.0652 e. The van der Waals surface area contributed by atoms with Gasteiger partial charge >= 0.3 is 0 Å². The molecule has 0 saturated heterocycles. The number of unbranched alkanes of at least 4 members (excludes halogenated alkanes) is 1. The number of aromatic nitrogens is 2. The van der Waals surface area contributed by atoms with Gasteiger partial charge in [-0.25, -0.2) is 0 Å². The van der Waals surface area contributed by atoms with Crippen molar-refractivity contribution in [1.82, 2.24) is 10.2 Å². The molecule has 1 aromatic heterocycles. The lowest BCUT2D eigenvalue weighted by Crippen LogP contribution is -1.90. The highest BCUT2D eigenvalue weighted by atomic mass is 15.1. The van der Waals surface area contributed by atoms with E-state index in [1.807, 2.05) is 6.07 Å². The molecule has 0 unspecified atom stereocenters. The summed E-state index contributed by atoms with van der Waals surface area (Å²) in [6.07, 6.45) is 5.42. The van der Waals surface area contributed by atoms with E-state index in [0.29, 0.717) is 0 Å². The van der Waals surface area contributed by atoms with Crippen LogP contribution in [-0.2, 0) is 6.42 Å². The van der Waals surface area contributed by atoms with E-state index in [-0.39, 0.29) is 0 Å². The smallest absolute Gasteiger partial charge is 0.0652 e. The van der Waals surface area contributed by atoms with Gasteiger partial charge in [0.25, 0.3) is 0 Å². The highest BCUT2D eigenvalue weighted by Crippen LogP contribution is 2.22. The van der Waals surface area contributed by atoms with Gasteiger partial charge in [-0.2, -0.15) is 5.10 Å². The van der Waals surface area contributed by atoms with Gasteiger partial charge in [-0.05, 0) is 24.5 Å². The van der Waals surface area contributed by atoms with Crippen LogP contribution in [0.2, 0.25) is 0 Å². The first-order valence-corrected chi connectivity index (χ1v) is 5.49. The lowest BCUT2D eigenvalue weighted by molar-refractivity contribution is 0.796. The Hall–Kier alpha value is -1.57. The molecular weight excluding hydrogens is 184 g/mol. The molecule has 78 valence electrons. The van der Waals surface area contributed by atoms with Crippen LogP contribution in [0.3, 0.4) is 0 Å². The van der Waals surface area contributed by atoms with Crippen molar-refractivity contribution in [2.75, 3.05) is 0 Å². The Morgan fingerprint density at radius 2 is 2.07 bits per heavy atom. The first-order valence-electron chi connectivity index (χ1n) is 5.49. The zero-order valence-electron chi connectivity index (χ0n) is 9.03. The van der Waals surface area contributed by atoms with Gasteiger partial charge in [-0.1, -0.05) is 37.6 Å². The second-order valence-corrected chi connectivity index (χ2v) is 3.73. The number of aromatic amines is 1. The summed E-state index contributed by atoms with van der Waals surface area (Å²) in [5, 5.41) is 7.02. The van der Waals surface area contributed by atoms with Crippen molar-refractivity contribution in [2.45, 2.75) is 26.2 Å². The number of rotatable bonds is 4. The van der Waals surface area contributed by atoms with Crippen LogP contribution in [-0.4, -0.2) is 10.2 Å². The zero-order valence-corrected chi connectivity index (χ0v) is 9.03. The van der Waals surface area contributed by atoms with Crippen molar-refractivity contribution in [3.8, 4) is 11.3 Å². The van der Waals surface area contributed by atoms with E-state index in [0.717, 1.165) is 12.1 Å². The van der Waals surface area contributed by atoms with Gasteiger partial charge in [-0.15, -0.1) is 0 Å². The summed E-state index contributed by atoms with van der Waals surface area (Å²) in [6, 6.07) is 10.5. The molecule has 1 N–H and O–H groups in total. The van der Waals surface area contributed by atoms with Gasteiger partial charge in [0.2, 0.25) is 0 Å². The molecule has 2 rings (SSSR count). The topological polar surface area (TPSA) is 28.7 Å². The molecule has 1 aromatic carbocycles. The second kappa shape index (κ2) is 4.78. The number of nitrogens with one attached hydrogen (secondary N) is 1. The molecule has 0 radical (unpaired) electrons. The SMILES string of the molecule is CCCCc1ccccc1-c1ccn[nH]1. The fraction of sp³-hybridized carbons (Fsp3) is 0.308. The number of H-pyrrole nitrogens is 1. The molecule has 2 heteroatoms. The Morgan fingerprint density at radius 1 is 1.20 bits per heavy atom. The molecule has 2 aromatic rings. The normalized spacial score (nSPS) is 10.5. The summed E-state index contributed by atoms with van der Waals surface area (Å²) in [7, 11) is 0. The maximum atomic E-state index is 3.99. The third kappa shape index (κ3) is 2.27. The van der Waals surface area contributed by atoms with Crippen LogP contribution in [0, 0.1) is 0 Å². The van der Waals surface area contributed by atoms with Gasteiger partial charge in [0.15, 0.2) is 0 Å². The van der Waals surface area contributed by atoms with Crippen molar-refractivity contribution in [3.63, 3.8) is 0 Å². The van der Waals surface area contributed by atoms with Crippen molar-refractivity contribution in [1.29, 1.82) is 0 Å². The van der Waals surface area contributed by atoms with E-state index in [4.69, 9.17) is 0 Å². The predicted octanol–water partition coefficient (Wildman–Crippen LogP) is 3.42. The first-order chi connectivity index (χ1) is 7.42. The van der Waals surface area contributed by atoms with Crippen molar-refractivity contribution < 1.29 is 0 Å². The molecule has 0 amide bonds. The van der Waals surface area contributed by atoms with Crippen LogP contribution in [0.25, 0.3) is 11.3 Å². The van der Waals surface area contributed by atoms with Crippen LogP contribution < -0.4 is 0 Å². The molecule has 1 heterocycles. The largest absolute Gasteiger partial charge is 0.278 e. The summed E-state index contributed by atoms with van der Waals surface area (Å²) in [5.41, 5.74) is 3.80. The number of hydrogen-bond donors (Lipinski definition) is 1. The molecule has 0 fully saturated rings. The fourth-order valence-corrected chi connectivity index (χ4v) is 1.77. The highest BCUT2D eigenvalue weighted by molar-refractivity contribution is 5.63. The van der Waals surface area contributed by atoms with E-state index in [1.54, 1.807) is 6.20 Å². The predicted molar refractivity (Wildman–Crippen MR) is 62.6 cm³/mol. The minimum Gasteiger partial charge on any atom is -0.278 e. The molecule has 0 saturated carbocycles. The average Bonchev–Trinajstić information content (AvgIpc) is 2.80. The van der Waals surface area contributed by atoms with Crippen molar-refractivity contribution in [2.24, 2.45) is 0 Å². The monoisotopic (exact) mass is 200 g/mol. The molecule has 15 heavy (non-hydrogen) atoms. The molecule has 0 atom stereocenters. The van der Waals surface area contributed by atoms with Gasteiger partial charge in [0.1, 0.15) is 0 Å². The molecule has 0 spiro atoms. The summed E-state index contributed by atoms with van der Waals surface area (Å²) < 4.78 is 0. The third-order valence-corrected chi connectivity index (χ3v) is 2.61. The number of hydrogen-bond acceptors (Lipinski definition) is 1. The maximum absolute atomic E-state index is 3.99. The van der Waals surface area contributed by atoms with Gasteiger partial charge < -0.3 is 0 Å². The van der Waals surface area contributed by atoms with E-state index in [1.165, 1.54) is 24.0 Å². The Labute approximate surface area is 90.3 Å². The number of aryl methyl sites for hydroxylation is 1. The van der Waals surface area contributed by atoms with Gasteiger partial charge in [-0.3, -0.25) is 5.10 Å². The Balaban J connectivity index is 2.30. The molecule has 0 bridgehead atoms. The second-order valence-electron chi connectivity index (χ2n) is 3.73. The standard InChI is InChI=1S/C13H16N2/c1-2-3-6-11-7-4-5-8-12(11)13-9-10-14-15-13/h4-5,7-10H,2-3,6H2,1H3,(H,14,15). The Bertz CT molecular complexity index is 404. The Morgan fingerprint density at radius 3 is 2.80 bits per heavy atom. The molecule has 2 nitrogen and oxygen atoms in total. The summed E-state index contributed by atoms with van der Waals surface area (Å²) in [6.45, 7) is 2.22. The van der Waals surface area contributed by atoms with E-state index < -0.39 is 0 Å². The Kier molecular flexibility index (Phi) is 3.18. The van der Waals surface area contributed by atoms with E-state index in [2.05, 4.69) is 41.4 Å². The van der Waals surface area contributed by atoms with Crippen molar-refractivity contribution in [3.05, 3.63) is 42.1 Å². The van der Waals surface area contributed by atoms with E-state index >= 15 is 0 Å². The summed E-state index contributed by atoms with van der Waals surface area (Å²) in [5.74, 6) is 0. The van der Waals surface area contributed by atoms with Crippen LogP contribution >= 0.6 is 0 Å². The quantitative estimate of drug-likeness (QED) is 0.804. The molecule has 0 aliphatic rings. The minimum absolute atomic E-state index is 1.11. The van der Waals surface area contributed by atoms with Crippen LogP contribution in [0.15, 0.2) is 36.5 Å². The van der Waals surface area contributed by atoms with E-state index in [9.17, 15) is 0 Å². The number of nitrogens with zero attached hydrogens (tertiary/aromatic N) is 1. The lowest BCUT2D eigenvalue weighted by Gasteiger charge is -2.06. The lowest BCUT2D eigenvalue weighted by atomic mass is 10.00.